The first-order chi connectivity index (χ1) is 9.19. The molecule has 19 heavy (non-hydrogen) atoms. The maximum Gasteiger partial charge on any atom is 0.248 e. The molecule has 2 rings (SSSR count). The number of primary amides is 1. The zero-order valence-corrected chi connectivity index (χ0v) is 11.1. The topological polar surface area (TPSA) is 79.5 Å². The van der Waals surface area contributed by atoms with Gasteiger partial charge in [-0.2, -0.15) is 0 Å². The number of nitrogens with two attached hydrogens (primary N) is 1. The molecular weight excluding hydrogens is 240 g/mol. The van der Waals surface area contributed by atoms with Crippen LogP contribution in [0.2, 0.25) is 0 Å². The number of aliphatic imine (C=N–C) groups is 1. The average Bonchev–Trinajstić information content (AvgIpc) is 3.23. The third-order valence-corrected chi connectivity index (χ3v) is 3.15. The SMILES string of the molecule is CN=C(NCc1cccc(C(N)=O)c1)NCC1CC1. The molecule has 102 valence electrons. The Morgan fingerprint density at radius 3 is 2.84 bits per heavy atom. The van der Waals surface area contributed by atoms with Crippen LogP contribution in [-0.2, 0) is 6.54 Å². The molecule has 0 saturated heterocycles. The summed E-state index contributed by atoms with van der Waals surface area (Å²) in [6.07, 6.45) is 2.62. The molecule has 1 aliphatic rings. The van der Waals surface area contributed by atoms with Gasteiger partial charge in [0.1, 0.15) is 0 Å². The Labute approximate surface area is 113 Å². The van der Waals surface area contributed by atoms with Crippen molar-refractivity contribution in [1.82, 2.24) is 10.6 Å². The third kappa shape index (κ3) is 4.28. The predicted octanol–water partition coefficient (Wildman–Crippen LogP) is 0.860. The van der Waals surface area contributed by atoms with Crippen LogP contribution in [0, 0.1) is 5.92 Å². The number of nitrogens with zero attached hydrogens (tertiary/aromatic N) is 1. The highest BCUT2D eigenvalue weighted by Crippen LogP contribution is 2.27. The van der Waals surface area contributed by atoms with Gasteiger partial charge in [0.15, 0.2) is 5.96 Å². The van der Waals surface area contributed by atoms with Gasteiger partial charge in [-0.15, -0.1) is 0 Å². The number of hydrogen-bond acceptors (Lipinski definition) is 2. The molecule has 1 aliphatic carbocycles. The molecule has 0 atom stereocenters. The molecule has 1 aromatic carbocycles. The Hall–Kier alpha value is -2.04. The minimum Gasteiger partial charge on any atom is -0.366 e. The van der Waals surface area contributed by atoms with Crippen LogP contribution in [-0.4, -0.2) is 25.5 Å². The van der Waals surface area contributed by atoms with E-state index in [0.717, 1.165) is 24.0 Å². The maximum atomic E-state index is 11.1. The average molecular weight is 260 g/mol. The second-order valence-corrected chi connectivity index (χ2v) is 4.81. The lowest BCUT2D eigenvalue weighted by atomic mass is 10.1. The largest absolute Gasteiger partial charge is 0.366 e. The number of benzene rings is 1. The quantitative estimate of drug-likeness (QED) is 0.542. The van der Waals surface area contributed by atoms with Gasteiger partial charge in [-0.3, -0.25) is 9.79 Å². The Balaban J connectivity index is 1.85. The van der Waals surface area contributed by atoms with Crippen molar-refractivity contribution < 1.29 is 4.79 Å². The summed E-state index contributed by atoms with van der Waals surface area (Å²) in [5.41, 5.74) is 6.79. The van der Waals surface area contributed by atoms with Gasteiger partial charge in [0.05, 0.1) is 0 Å². The fourth-order valence-electron chi connectivity index (χ4n) is 1.80. The van der Waals surface area contributed by atoms with E-state index in [1.165, 1.54) is 12.8 Å². The summed E-state index contributed by atoms with van der Waals surface area (Å²) in [6.45, 7) is 1.59. The molecule has 0 radical (unpaired) electrons. The molecule has 1 saturated carbocycles. The zero-order valence-electron chi connectivity index (χ0n) is 11.1. The highest BCUT2D eigenvalue weighted by molar-refractivity contribution is 5.92. The van der Waals surface area contributed by atoms with Crippen LogP contribution in [0.5, 0.6) is 0 Å². The Morgan fingerprint density at radius 2 is 2.21 bits per heavy atom. The minimum absolute atomic E-state index is 0.405. The standard InChI is InChI=1S/C14H20N4O/c1-16-14(17-8-10-5-6-10)18-9-11-3-2-4-12(7-11)13(15)19/h2-4,7,10H,5-6,8-9H2,1H3,(H2,15,19)(H2,16,17,18). The van der Waals surface area contributed by atoms with Crippen molar-refractivity contribution in [2.75, 3.05) is 13.6 Å². The summed E-state index contributed by atoms with van der Waals surface area (Å²) in [4.78, 5) is 15.3. The van der Waals surface area contributed by atoms with Crippen LogP contribution in [0.15, 0.2) is 29.3 Å². The van der Waals surface area contributed by atoms with Crippen LogP contribution in [0.4, 0.5) is 0 Å². The molecule has 4 N–H and O–H groups in total. The molecule has 5 nitrogen and oxygen atoms in total. The molecule has 0 unspecified atom stereocenters. The van der Waals surface area contributed by atoms with Crippen molar-refractivity contribution in [1.29, 1.82) is 0 Å². The first-order valence-corrected chi connectivity index (χ1v) is 6.52. The smallest absolute Gasteiger partial charge is 0.248 e. The summed E-state index contributed by atoms with van der Waals surface area (Å²) in [5.74, 6) is 1.19. The highest BCUT2D eigenvalue weighted by Gasteiger charge is 2.20. The van der Waals surface area contributed by atoms with E-state index < -0.39 is 5.91 Å². The van der Waals surface area contributed by atoms with Gasteiger partial charge in [0.2, 0.25) is 5.91 Å². The summed E-state index contributed by atoms with van der Waals surface area (Å²) in [7, 11) is 1.75. The van der Waals surface area contributed by atoms with E-state index in [0.29, 0.717) is 12.1 Å². The summed E-state index contributed by atoms with van der Waals surface area (Å²) >= 11 is 0. The lowest BCUT2D eigenvalue weighted by Crippen LogP contribution is -2.37. The van der Waals surface area contributed by atoms with Gasteiger partial charge in [-0.25, -0.2) is 0 Å². The Kier molecular flexibility index (Phi) is 4.39. The zero-order chi connectivity index (χ0) is 13.7. The number of carbonyl (C=O) groups excluding carboxylic acids is 1. The van der Waals surface area contributed by atoms with Crippen molar-refractivity contribution >= 4 is 11.9 Å². The van der Waals surface area contributed by atoms with Crippen molar-refractivity contribution in [3.8, 4) is 0 Å². The minimum atomic E-state index is -0.405. The summed E-state index contributed by atoms with van der Waals surface area (Å²) in [6, 6.07) is 7.29. The molecular formula is C14H20N4O. The van der Waals surface area contributed by atoms with Crippen LogP contribution < -0.4 is 16.4 Å². The summed E-state index contributed by atoms with van der Waals surface area (Å²) in [5, 5.41) is 6.51. The lowest BCUT2D eigenvalue weighted by Gasteiger charge is -2.11. The lowest BCUT2D eigenvalue weighted by molar-refractivity contribution is 0.1000. The molecule has 5 heteroatoms. The van der Waals surface area contributed by atoms with Crippen LogP contribution in [0.3, 0.4) is 0 Å². The van der Waals surface area contributed by atoms with Crippen LogP contribution >= 0.6 is 0 Å². The molecule has 0 aromatic heterocycles. The fraction of sp³-hybridized carbons (Fsp3) is 0.429. The van der Waals surface area contributed by atoms with Gasteiger partial charge in [0, 0.05) is 25.7 Å². The third-order valence-electron chi connectivity index (χ3n) is 3.15. The van der Waals surface area contributed by atoms with Gasteiger partial charge in [0.25, 0.3) is 0 Å². The van der Waals surface area contributed by atoms with E-state index in [9.17, 15) is 4.79 Å². The number of guanidine groups is 1. The van der Waals surface area contributed by atoms with Crippen LogP contribution in [0.25, 0.3) is 0 Å². The van der Waals surface area contributed by atoms with E-state index in [4.69, 9.17) is 5.73 Å². The number of carbonyl (C=O) groups is 1. The summed E-state index contributed by atoms with van der Waals surface area (Å²) < 4.78 is 0. The Bertz CT molecular complexity index is 480. The monoisotopic (exact) mass is 260 g/mol. The van der Waals surface area contributed by atoms with Crippen LogP contribution in [0.1, 0.15) is 28.8 Å². The predicted molar refractivity (Wildman–Crippen MR) is 75.9 cm³/mol. The number of nitrogens with one attached hydrogen (secondary N) is 2. The van der Waals surface area contributed by atoms with E-state index in [-0.39, 0.29) is 0 Å². The molecule has 0 spiro atoms. The fourth-order valence-corrected chi connectivity index (χ4v) is 1.80. The molecule has 1 amide bonds. The Morgan fingerprint density at radius 1 is 1.42 bits per heavy atom. The van der Waals surface area contributed by atoms with Gasteiger partial charge < -0.3 is 16.4 Å². The van der Waals surface area contributed by atoms with E-state index in [1.54, 1.807) is 19.2 Å². The first-order valence-electron chi connectivity index (χ1n) is 6.52. The molecule has 0 aliphatic heterocycles. The van der Waals surface area contributed by atoms with Crippen molar-refractivity contribution in [2.45, 2.75) is 19.4 Å². The molecule has 1 fully saturated rings. The second-order valence-electron chi connectivity index (χ2n) is 4.81. The van der Waals surface area contributed by atoms with Crippen molar-refractivity contribution in [2.24, 2.45) is 16.6 Å². The van der Waals surface area contributed by atoms with E-state index >= 15 is 0 Å². The number of amides is 1. The molecule has 0 bridgehead atoms. The first kappa shape index (κ1) is 13.4. The highest BCUT2D eigenvalue weighted by atomic mass is 16.1. The van der Waals surface area contributed by atoms with E-state index in [2.05, 4.69) is 15.6 Å². The normalized spacial score (nSPS) is 15.1. The number of hydrogen-bond donors (Lipinski definition) is 3. The van der Waals surface area contributed by atoms with Gasteiger partial charge >= 0.3 is 0 Å². The van der Waals surface area contributed by atoms with Crippen molar-refractivity contribution in [3.63, 3.8) is 0 Å². The maximum absolute atomic E-state index is 11.1. The van der Waals surface area contributed by atoms with Gasteiger partial charge in [-0.05, 0) is 36.5 Å². The molecule has 1 aromatic rings. The number of rotatable bonds is 5. The second kappa shape index (κ2) is 6.22. The van der Waals surface area contributed by atoms with Crippen molar-refractivity contribution in [3.05, 3.63) is 35.4 Å². The molecule has 0 heterocycles. The van der Waals surface area contributed by atoms with Gasteiger partial charge in [-0.1, -0.05) is 12.1 Å². The van der Waals surface area contributed by atoms with E-state index in [1.807, 2.05) is 12.1 Å².